The molecule has 16 heteroatoms. The monoisotopic (exact) mass is 656 g/mol. The number of carboxylic acids is 1. The summed E-state index contributed by atoms with van der Waals surface area (Å²) in [7, 11) is 0. The van der Waals surface area contributed by atoms with Crippen LogP contribution in [0.4, 0.5) is 0 Å². The van der Waals surface area contributed by atoms with Crippen LogP contribution in [0.1, 0.15) is 12.2 Å². The Hall–Kier alpha value is -2.93. The zero-order chi connectivity index (χ0) is 32.8. The van der Waals surface area contributed by atoms with E-state index in [1.54, 1.807) is 6.92 Å². The summed E-state index contributed by atoms with van der Waals surface area (Å²) in [4.78, 5) is 10.3. The molecule has 0 aliphatic carbocycles. The zero-order valence-corrected chi connectivity index (χ0v) is 26.7. The second kappa shape index (κ2) is 28.3. The molecule has 0 saturated carbocycles. The Balaban J connectivity index is 1.21. The van der Waals surface area contributed by atoms with Crippen LogP contribution in [0.3, 0.4) is 0 Å². The van der Waals surface area contributed by atoms with Gasteiger partial charge in [-0.2, -0.15) is 0 Å². The van der Waals surface area contributed by atoms with Gasteiger partial charge in [-0.15, -0.1) is 20.4 Å². The minimum absolute atomic E-state index is 0.00447. The van der Waals surface area contributed by atoms with Crippen molar-refractivity contribution in [2.45, 2.75) is 13.3 Å². The average molecular weight is 657 g/mol. The van der Waals surface area contributed by atoms with E-state index in [1.165, 1.54) is 0 Å². The number of carboxylic acid groups (broad SMARTS) is 1. The molecule has 0 aliphatic heterocycles. The highest BCUT2D eigenvalue weighted by molar-refractivity contribution is 5.66. The Bertz CT molecular complexity index is 989. The van der Waals surface area contributed by atoms with E-state index in [0.29, 0.717) is 131 Å². The van der Waals surface area contributed by atoms with Crippen LogP contribution >= 0.6 is 0 Å². The predicted molar refractivity (Wildman–Crippen MR) is 163 cm³/mol. The van der Waals surface area contributed by atoms with Gasteiger partial charge in [0.25, 0.3) is 0 Å². The Morgan fingerprint density at radius 1 is 0.500 bits per heavy atom. The summed E-state index contributed by atoms with van der Waals surface area (Å²) in [6.45, 7) is 10.2. The molecule has 0 saturated heterocycles. The molecule has 16 nitrogen and oxygen atoms in total. The van der Waals surface area contributed by atoms with Crippen LogP contribution in [0, 0.1) is 6.92 Å². The van der Waals surface area contributed by atoms with E-state index < -0.39 is 5.97 Å². The molecule has 1 aromatic heterocycles. The highest BCUT2D eigenvalue weighted by atomic mass is 16.6. The summed E-state index contributed by atoms with van der Waals surface area (Å²) in [5.74, 6) is 0.848. The summed E-state index contributed by atoms with van der Waals surface area (Å²) in [5, 5.41) is 24.4. The number of ether oxygens (including phenoxy) is 10. The predicted octanol–water partition coefficient (Wildman–Crippen LogP) is 1.24. The molecule has 0 radical (unpaired) electrons. The van der Waals surface area contributed by atoms with Crippen molar-refractivity contribution in [3.8, 4) is 17.1 Å². The molecule has 0 spiro atoms. The van der Waals surface area contributed by atoms with E-state index in [4.69, 9.17) is 52.5 Å². The van der Waals surface area contributed by atoms with Gasteiger partial charge in [0.05, 0.1) is 125 Å². The van der Waals surface area contributed by atoms with Crippen LogP contribution in [-0.2, 0) is 47.4 Å². The van der Waals surface area contributed by atoms with Crippen molar-refractivity contribution >= 4 is 5.97 Å². The largest absolute Gasteiger partial charge is 0.491 e. The van der Waals surface area contributed by atoms with Crippen LogP contribution in [0.5, 0.6) is 5.75 Å². The Labute approximate surface area is 269 Å². The van der Waals surface area contributed by atoms with Crippen molar-refractivity contribution in [1.29, 1.82) is 0 Å². The summed E-state index contributed by atoms with van der Waals surface area (Å²) in [6.07, 6.45) is -0.00447. The summed E-state index contributed by atoms with van der Waals surface area (Å²) < 4.78 is 54.4. The first-order valence-electron chi connectivity index (χ1n) is 15.3. The lowest BCUT2D eigenvalue weighted by Crippen LogP contribution is -2.15. The van der Waals surface area contributed by atoms with Gasteiger partial charge in [0.2, 0.25) is 5.82 Å². The molecule has 0 fully saturated rings. The summed E-state index contributed by atoms with van der Waals surface area (Å²) in [6, 6.07) is 7.40. The van der Waals surface area contributed by atoms with Crippen molar-refractivity contribution in [2.75, 3.05) is 126 Å². The van der Waals surface area contributed by atoms with Gasteiger partial charge in [0, 0.05) is 5.56 Å². The third-order valence-corrected chi connectivity index (χ3v) is 5.62. The van der Waals surface area contributed by atoms with Crippen LogP contribution in [0.25, 0.3) is 11.4 Å². The van der Waals surface area contributed by atoms with Crippen LogP contribution < -0.4 is 4.74 Å². The normalized spacial score (nSPS) is 11.2. The first kappa shape index (κ1) is 39.2. The lowest BCUT2D eigenvalue weighted by atomic mass is 10.2. The second-order valence-corrected chi connectivity index (χ2v) is 9.30. The molecule has 2 rings (SSSR count). The minimum Gasteiger partial charge on any atom is -0.491 e. The fourth-order valence-corrected chi connectivity index (χ4v) is 3.33. The molecule has 0 bridgehead atoms. The standard InChI is InChI=1S/C30H48N4O12/c1-26-31-33-30(34-32-26)27-2-4-28(5-3-27)46-25-24-45-23-22-44-21-20-43-19-18-42-17-16-41-15-14-40-13-12-39-11-10-38-9-8-37-7-6-29(35)36/h2-5H,6-25H2,1H3,(H,35,36). The zero-order valence-electron chi connectivity index (χ0n) is 26.7. The molecule has 0 aliphatic rings. The van der Waals surface area contributed by atoms with E-state index in [9.17, 15) is 4.79 Å². The van der Waals surface area contributed by atoms with E-state index in [0.717, 1.165) is 11.3 Å². The summed E-state index contributed by atoms with van der Waals surface area (Å²) in [5.41, 5.74) is 0.817. The molecule has 1 aromatic carbocycles. The highest BCUT2D eigenvalue weighted by Crippen LogP contribution is 2.18. The van der Waals surface area contributed by atoms with Gasteiger partial charge in [-0.1, -0.05) is 0 Å². The van der Waals surface area contributed by atoms with Crippen molar-refractivity contribution in [3.63, 3.8) is 0 Å². The topological polar surface area (TPSA) is 181 Å². The Morgan fingerprint density at radius 2 is 0.826 bits per heavy atom. The van der Waals surface area contributed by atoms with Gasteiger partial charge in [0.1, 0.15) is 12.4 Å². The quantitative estimate of drug-likeness (QED) is 0.111. The lowest BCUT2D eigenvalue weighted by Gasteiger charge is -2.09. The highest BCUT2D eigenvalue weighted by Gasteiger charge is 2.04. The number of rotatable bonds is 32. The first-order valence-corrected chi connectivity index (χ1v) is 15.3. The van der Waals surface area contributed by atoms with E-state index in [-0.39, 0.29) is 13.0 Å². The van der Waals surface area contributed by atoms with Gasteiger partial charge in [-0.05, 0) is 31.2 Å². The number of benzene rings is 1. The molecule has 260 valence electrons. The van der Waals surface area contributed by atoms with Gasteiger partial charge in [0.15, 0.2) is 5.82 Å². The van der Waals surface area contributed by atoms with Gasteiger partial charge >= 0.3 is 5.97 Å². The summed E-state index contributed by atoms with van der Waals surface area (Å²) >= 11 is 0. The smallest absolute Gasteiger partial charge is 0.305 e. The SMILES string of the molecule is Cc1nnc(-c2ccc(OCCOCCOCCOCCOCCOCCOCCOCCOCCOCCC(=O)O)cc2)nn1. The van der Waals surface area contributed by atoms with Crippen molar-refractivity contribution < 1.29 is 57.3 Å². The number of carbonyl (C=O) groups is 1. The lowest BCUT2D eigenvalue weighted by molar-refractivity contribution is -0.138. The number of aliphatic carboxylic acids is 1. The number of hydrogen-bond acceptors (Lipinski definition) is 15. The van der Waals surface area contributed by atoms with E-state index in [1.807, 2.05) is 24.3 Å². The van der Waals surface area contributed by atoms with E-state index >= 15 is 0 Å². The molecular weight excluding hydrogens is 608 g/mol. The van der Waals surface area contributed by atoms with Crippen molar-refractivity contribution in [1.82, 2.24) is 20.4 Å². The maximum atomic E-state index is 10.3. The molecule has 46 heavy (non-hydrogen) atoms. The van der Waals surface area contributed by atoms with Crippen LogP contribution in [-0.4, -0.2) is 157 Å². The average Bonchev–Trinajstić information content (AvgIpc) is 3.06. The number of nitrogens with zero attached hydrogens (tertiary/aromatic N) is 4. The van der Waals surface area contributed by atoms with Gasteiger partial charge in [-0.3, -0.25) is 4.79 Å². The van der Waals surface area contributed by atoms with E-state index in [2.05, 4.69) is 20.4 Å². The maximum Gasteiger partial charge on any atom is 0.305 e. The van der Waals surface area contributed by atoms with Crippen molar-refractivity contribution in [3.05, 3.63) is 30.1 Å². The van der Waals surface area contributed by atoms with Crippen LogP contribution in [0.15, 0.2) is 24.3 Å². The van der Waals surface area contributed by atoms with Crippen LogP contribution in [0.2, 0.25) is 0 Å². The fraction of sp³-hybridized carbons (Fsp3) is 0.700. The Kier molecular flexibility index (Phi) is 24.2. The number of aromatic nitrogens is 4. The molecule has 1 N–H and O–H groups in total. The van der Waals surface area contributed by atoms with Gasteiger partial charge in [-0.25, -0.2) is 0 Å². The molecule has 2 aromatic rings. The molecule has 1 heterocycles. The molecule has 0 unspecified atom stereocenters. The Morgan fingerprint density at radius 3 is 1.17 bits per heavy atom. The number of hydrogen-bond donors (Lipinski definition) is 1. The minimum atomic E-state index is -0.876. The van der Waals surface area contributed by atoms with Gasteiger partial charge < -0.3 is 52.5 Å². The fourth-order valence-electron chi connectivity index (χ4n) is 3.33. The third-order valence-electron chi connectivity index (χ3n) is 5.62. The first-order chi connectivity index (χ1) is 22.6. The number of aryl methyl sites for hydroxylation is 1. The van der Waals surface area contributed by atoms with Crippen molar-refractivity contribution in [2.24, 2.45) is 0 Å². The molecule has 0 amide bonds. The third kappa shape index (κ3) is 22.6. The second-order valence-electron chi connectivity index (χ2n) is 9.30. The maximum absolute atomic E-state index is 10.3. The molecular formula is C30H48N4O12. The molecule has 0 atom stereocenters.